The third-order valence-electron chi connectivity index (χ3n) is 3.58. The van der Waals surface area contributed by atoms with Crippen LogP contribution in [-0.4, -0.2) is 35.8 Å². The summed E-state index contributed by atoms with van der Waals surface area (Å²) in [5, 5.41) is 10.2. The molecular formula is C15H23NO2. The van der Waals surface area contributed by atoms with E-state index in [9.17, 15) is 5.11 Å². The number of benzene rings is 1. The van der Waals surface area contributed by atoms with Crippen molar-refractivity contribution in [1.29, 1.82) is 0 Å². The van der Waals surface area contributed by atoms with Gasteiger partial charge in [-0.25, -0.2) is 0 Å². The number of hydrogen-bond acceptors (Lipinski definition) is 3. The molecule has 1 aromatic carbocycles. The Morgan fingerprint density at radius 2 is 2.11 bits per heavy atom. The van der Waals surface area contributed by atoms with Gasteiger partial charge in [-0.15, -0.1) is 0 Å². The summed E-state index contributed by atoms with van der Waals surface area (Å²) >= 11 is 0. The fourth-order valence-electron chi connectivity index (χ4n) is 2.79. The quantitative estimate of drug-likeness (QED) is 0.869. The number of methoxy groups -OCH3 is 1. The van der Waals surface area contributed by atoms with Crippen LogP contribution in [0.25, 0.3) is 0 Å². The second-order valence-corrected chi connectivity index (χ2v) is 5.43. The number of ether oxygens (including phenoxy) is 1. The average Bonchev–Trinajstić information content (AvgIpc) is 2.27. The average molecular weight is 249 g/mol. The molecule has 0 aromatic heterocycles. The lowest BCUT2D eigenvalue weighted by Crippen LogP contribution is -2.60. The van der Waals surface area contributed by atoms with Crippen LogP contribution in [0.4, 0.5) is 0 Å². The highest BCUT2D eigenvalue weighted by Gasteiger charge is 2.39. The van der Waals surface area contributed by atoms with Crippen LogP contribution in [-0.2, 0) is 6.54 Å². The molecule has 2 rings (SSSR count). The zero-order valence-corrected chi connectivity index (χ0v) is 11.6. The first-order valence-electron chi connectivity index (χ1n) is 6.64. The van der Waals surface area contributed by atoms with Crippen molar-refractivity contribution < 1.29 is 9.84 Å². The molecule has 0 radical (unpaired) electrons. The SMILES string of the molecule is CCCC1(O)CN(Cc2cc(C)ccc2OC)C1. The van der Waals surface area contributed by atoms with Crippen LogP contribution in [0.3, 0.4) is 0 Å². The lowest BCUT2D eigenvalue weighted by atomic mass is 9.89. The highest BCUT2D eigenvalue weighted by Crippen LogP contribution is 2.29. The number of nitrogens with zero attached hydrogens (tertiary/aromatic N) is 1. The van der Waals surface area contributed by atoms with E-state index in [4.69, 9.17) is 4.74 Å². The molecule has 1 aliphatic heterocycles. The molecule has 1 saturated heterocycles. The van der Waals surface area contributed by atoms with Crippen molar-refractivity contribution in [3.8, 4) is 5.75 Å². The van der Waals surface area contributed by atoms with Crippen molar-refractivity contribution in [1.82, 2.24) is 4.90 Å². The van der Waals surface area contributed by atoms with E-state index in [1.54, 1.807) is 7.11 Å². The van der Waals surface area contributed by atoms with Gasteiger partial charge in [0.05, 0.1) is 12.7 Å². The van der Waals surface area contributed by atoms with Gasteiger partial charge in [0.1, 0.15) is 5.75 Å². The molecule has 1 fully saturated rings. The Hall–Kier alpha value is -1.06. The fraction of sp³-hybridized carbons (Fsp3) is 0.600. The van der Waals surface area contributed by atoms with E-state index in [1.165, 1.54) is 11.1 Å². The smallest absolute Gasteiger partial charge is 0.123 e. The lowest BCUT2D eigenvalue weighted by Gasteiger charge is -2.46. The van der Waals surface area contributed by atoms with Crippen LogP contribution >= 0.6 is 0 Å². The maximum Gasteiger partial charge on any atom is 0.123 e. The summed E-state index contributed by atoms with van der Waals surface area (Å²) in [6.45, 7) is 6.61. The minimum atomic E-state index is -0.453. The first-order valence-corrected chi connectivity index (χ1v) is 6.64. The second-order valence-electron chi connectivity index (χ2n) is 5.43. The monoisotopic (exact) mass is 249 g/mol. The van der Waals surface area contributed by atoms with Crippen LogP contribution in [0.1, 0.15) is 30.9 Å². The van der Waals surface area contributed by atoms with Crippen LogP contribution in [0.5, 0.6) is 5.75 Å². The van der Waals surface area contributed by atoms with E-state index in [2.05, 4.69) is 30.9 Å². The first kappa shape index (κ1) is 13.4. The van der Waals surface area contributed by atoms with E-state index in [0.29, 0.717) is 0 Å². The Morgan fingerprint density at radius 1 is 1.39 bits per heavy atom. The van der Waals surface area contributed by atoms with Crippen LogP contribution in [0.15, 0.2) is 18.2 Å². The topological polar surface area (TPSA) is 32.7 Å². The van der Waals surface area contributed by atoms with Crippen LogP contribution < -0.4 is 4.74 Å². The summed E-state index contributed by atoms with van der Waals surface area (Å²) in [6, 6.07) is 6.24. The molecule has 0 atom stereocenters. The molecule has 0 saturated carbocycles. The molecule has 0 aliphatic carbocycles. The Kier molecular flexibility index (Phi) is 3.93. The van der Waals surface area contributed by atoms with Gasteiger partial charge in [-0.2, -0.15) is 0 Å². The van der Waals surface area contributed by atoms with Crippen LogP contribution in [0.2, 0.25) is 0 Å². The number of aryl methyl sites for hydroxylation is 1. The molecule has 0 amide bonds. The number of hydrogen-bond donors (Lipinski definition) is 1. The van der Waals surface area contributed by atoms with Crippen molar-refractivity contribution in [3.63, 3.8) is 0 Å². The van der Waals surface area contributed by atoms with Gasteiger partial charge in [0.2, 0.25) is 0 Å². The second kappa shape index (κ2) is 5.29. The zero-order chi connectivity index (χ0) is 13.2. The maximum atomic E-state index is 10.2. The lowest BCUT2D eigenvalue weighted by molar-refractivity contribution is -0.106. The van der Waals surface area contributed by atoms with Gasteiger partial charge in [0.25, 0.3) is 0 Å². The van der Waals surface area contributed by atoms with Crippen molar-refractivity contribution in [2.45, 2.75) is 38.8 Å². The van der Waals surface area contributed by atoms with E-state index >= 15 is 0 Å². The van der Waals surface area contributed by atoms with Gasteiger partial charge < -0.3 is 9.84 Å². The minimum absolute atomic E-state index is 0.453. The van der Waals surface area contributed by atoms with E-state index < -0.39 is 5.60 Å². The van der Waals surface area contributed by atoms with Gasteiger partial charge in [-0.1, -0.05) is 31.0 Å². The molecule has 0 bridgehead atoms. The predicted octanol–water partition coefficient (Wildman–Crippen LogP) is 2.35. The molecule has 1 N–H and O–H groups in total. The largest absolute Gasteiger partial charge is 0.496 e. The zero-order valence-electron chi connectivity index (χ0n) is 11.6. The van der Waals surface area contributed by atoms with Crippen molar-refractivity contribution >= 4 is 0 Å². The standard InChI is InChI=1S/C15H23NO2/c1-4-7-15(17)10-16(11-15)9-13-8-12(2)5-6-14(13)18-3/h5-6,8,17H,4,7,9-11H2,1-3H3. The fourth-order valence-corrected chi connectivity index (χ4v) is 2.79. The van der Waals surface area contributed by atoms with Crippen molar-refractivity contribution in [2.75, 3.05) is 20.2 Å². The number of β-amino-alcohol motifs (C(OH)–C–C–N with tert-alkyl or cyclic N) is 1. The summed E-state index contributed by atoms with van der Waals surface area (Å²) in [5.41, 5.74) is 2.00. The molecule has 18 heavy (non-hydrogen) atoms. The Labute approximate surface area is 109 Å². The number of aliphatic hydroxyl groups is 1. The molecule has 0 unspecified atom stereocenters. The molecule has 100 valence electrons. The van der Waals surface area contributed by atoms with E-state index in [0.717, 1.165) is 38.2 Å². The third kappa shape index (κ3) is 2.85. The summed E-state index contributed by atoms with van der Waals surface area (Å²) in [6.07, 6.45) is 1.94. The highest BCUT2D eigenvalue weighted by atomic mass is 16.5. The molecule has 3 nitrogen and oxygen atoms in total. The van der Waals surface area contributed by atoms with Crippen molar-refractivity contribution in [3.05, 3.63) is 29.3 Å². The molecule has 3 heteroatoms. The first-order chi connectivity index (χ1) is 8.56. The maximum absolute atomic E-state index is 10.2. The van der Waals surface area contributed by atoms with Gasteiger partial charge in [0, 0.05) is 25.2 Å². The van der Waals surface area contributed by atoms with Gasteiger partial charge in [-0.3, -0.25) is 4.90 Å². The highest BCUT2D eigenvalue weighted by molar-refractivity contribution is 5.37. The normalized spacial score (nSPS) is 18.4. The Morgan fingerprint density at radius 3 is 2.72 bits per heavy atom. The number of rotatable bonds is 5. The van der Waals surface area contributed by atoms with Gasteiger partial charge in [0.15, 0.2) is 0 Å². The third-order valence-corrected chi connectivity index (χ3v) is 3.58. The molecular weight excluding hydrogens is 226 g/mol. The molecule has 1 heterocycles. The Bertz CT molecular complexity index is 411. The molecule has 1 aromatic rings. The van der Waals surface area contributed by atoms with Gasteiger partial charge in [-0.05, 0) is 19.4 Å². The molecule has 1 aliphatic rings. The Balaban J connectivity index is 1.97. The predicted molar refractivity (Wildman–Crippen MR) is 72.9 cm³/mol. The number of likely N-dealkylation sites (tertiary alicyclic amines) is 1. The van der Waals surface area contributed by atoms with Gasteiger partial charge >= 0.3 is 0 Å². The van der Waals surface area contributed by atoms with E-state index in [-0.39, 0.29) is 0 Å². The summed E-state index contributed by atoms with van der Waals surface area (Å²) < 4.78 is 5.38. The summed E-state index contributed by atoms with van der Waals surface area (Å²) in [7, 11) is 1.71. The minimum Gasteiger partial charge on any atom is -0.496 e. The van der Waals surface area contributed by atoms with Crippen LogP contribution in [0, 0.1) is 6.92 Å². The van der Waals surface area contributed by atoms with Crippen molar-refractivity contribution in [2.24, 2.45) is 0 Å². The summed E-state index contributed by atoms with van der Waals surface area (Å²) in [4.78, 5) is 2.27. The van der Waals surface area contributed by atoms with E-state index in [1.807, 2.05) is 6.07 Å². The summed E-state index contributed by atoms with van der Waals surface area (Å²) in [5.74, 6) is 0.937. The molecule has 0 spiro atoms.